The van der Waals surface area contributed by atoms with E-state index in [1.54, 1.807) is 0 Å². The Morgan fingerprint density at radius 3 is 2.73 bits per heavy atom. The predicted molar refractivity (Wildman–Crippen MR) is 62.5 cm³/mol. The number of hydrogen-bond donors (Lipinski definition) is 1. The van der Waals surface area contributed by atoms with Crippen molar-refractivity contribution in [2.75, 3.05) is 18.1 Å². The van der Waals surface area contributed by atoms with E-state index in [0.717, 1.165) is 11.3 Å². The van der Waals surface area contributed by atoms with Crippen molar-refractivity contribution in [3.05, 3.63) is 8.67 Å². The molecule has 1 aromatic rings. The van der Waals surface area contributed by atoms with E-state index in [1.165, 1.54) is 0 Å². The monoisotopic (exact) mass is 286 g/mol. The Kier molecular flexibility index (Phi) is 2.89. The van der Waals surface area contributed by atoms with Gasteiger partial charge in [-0.3, -0.25) is 0 Å². The largest absolute Gasteiger partial charge is 0.355 e. The van der Waals surface area contributed by atoms with E-state index in [4.69, 9.17) is 23.2 Å². The first-order chi connectivity index (χ1) is 6.97. The van der Waals surface area contributed by atoms with Crippen molar-refractivity contribution in [2.24, 2.45) is 0 Å². The molecule has 1 aliphatic rings. The highest BCUT2D eigenvalue weighted by molar-refractivity contribution is 7.90. The molecule has 0 fully saturated rings. The zero-order chi connectivity index (χ0) is 11.2. The van der Waals surface area contributed by atoms with E-state index in [-0.39, 0.29) is 15.9 Å². The maximum absolute atomic E-state index is 11.7. The second-order valence-corrected chi connectivity index (χ2v) is 6.92. The molecule has 0 saturated carbocycles. The highest BCUT2D eigenvalue weighted by Gasteiger charge is 2.34. The van der Waals surface area contributed by atoms with Gasteiger partial charge in [0.25, 0.3) is 0 Å². The fourth-order valence-electron chi connectivity index (χ4n) is 1.44. The van der Waals surface area contributed by atoms with Crippen LogP contribution in [0.15, 0.2) is 4.90 Å². The Hall–Kier alpha value is -0.0100. The number of halogens is 2. The van der Waals surface area contributed by atoms with Crippen molar-refractivity contribution >= 4 is 50.2 Å². The average molecular weight is 287 g/mol. The number of fused-ring (bicyclic) bond motifs is 1. The van der Waals surface area contributed by atoms with E-state index in [9.17, 15) is 8.42 Å². The van der Waals surface area contributed by atoms with Crippen LogP contribution >= 0.6 is 34.5 Å². The highest BCUT2D eigenvalue weighted by atomic mass is 35.5. The summed E-state index contributed by atoms with van der Waals surface area (Å²) in [6, 6.07) is 0. The SMILES string of the molecule is CCN1CNS(=O)(=O)c2c(Cl)sc(Cl)c21. The molecule has 4 nitrogen and oxygen atoms in total. The summed E-state index contributed by atoms with van der Waals surface area (Å²) in [4.78, 5) is 1.94. The van der Waals surface area contributed by atoms with E-state index < -0.39 is 10.0 Å². The van der Waals surface area contributed by atoms with Crippen LogP contribution < -0.4 is 9.62 Å². The first-order valence-corrected chi connectivity index (χ1v) is 7.25. The average Bonchev–Trinajstić information content (AvgIpc) is 2.44. The van der Waals surface area contributed by atoms with Gasteiger partial charge in [-0.1, -0.05) is 23.2 Å². The van der Waals surface area contributed by atoms with Crippen LogP contribution in [0.4, 0.5) is 5.69 Å². The van der Waals surface area contributed by atoms with Gasteiger partial charge in [-0.15, -0.1) is 11.3 Å². The second kappa shape index (κ2) is 3.78. The fourth-order valence-corrected chi connectivity index (χ4v) is 5.05. The maximum Gasteiger partial charge on any atom is 0.246 e. The molecule has 0 unspecified atom stereocenters. The molecular weight excluding hydrogens is 279 g/mol. The lowest BCUT2D eigenvalue weighted by Crippen LogP contribution is -2.42. The molecule has 0 atom stereocenters. The molecule has 1 aromatic heterocycles. The number of nitrogens with one attached hydrogen (secondary N) is 1. The van der Waals surface area contributed by atoms with Crippen LogP contribution in [0.1, 0.15) is 6.92 Å². The minimum atomic E-state index is -3.49. The summed E-state index contributed by atoms with van der Waals surface area (Å²) in [5.41, 5.74) is 0.521. The summed E-state index contributed by atoms with van der Waals surface area (Å²) in [7, 11) is -3.49. The first kappa shape index (κ1) is 11.5. The van der Waals surface area contributed by atoms with E-state index in [2.05, 4.69) is 4.72 Å². The summed E-state index contributed by atoms with van der Waals surface area (Å²) < 4.78 is 26.4. The molecule has 1 aliphatic heterocycles. The Labute approximate surface area is 102 Å². The highest BCUT2D eigenvalue weighted by Crippen LogP contribution is 2.46. The molecule has 0 aliphatic carbocycles. The molecule has 0 saturated heterocycles. The van der Waals surface area contributed by atoms with Gasteiger partial charge in [0.15, 0.2) is 0 Å². The zero-order valence-electron chi connectivity index (χ0n) is 7.75. The predicted octanol–water partition coefficient (Wildman–Crippen LogP) is 2.13. The van der Waals surface area contributed by atoms with Crippen molar-refractivity contribution < 1.29 is 8.42 Å². The molecule has 0 bridgehead atoms. The zero-order valence-corrected chi connectivity index (χ0v) is 10.9. The van der Waals surface area contributed by atoms with Gasteiger partial charge in [0.1, 0.15) is 13.6 Å². The third kappa shape index (κ3) is 1.74. The standard InChI is InChI=1S/C7H8Cl2N2O2S2/c1-2-11-3-10-15(12,13)5-4(11)6(8)14-7(5)9/h10H,2-3H2,1H3. The summed E-state index contributed by atoms with van der Waals surface area (Å²) in [6.45, 7) is 2.83. The molecule has 0 aromatic carbocycles. The fraction of sp³-hybridized carbons (Fsp3) is 0.429. The van der Waals surface area contributed by atoms with E-state index in [0.29, 0.717) is 16.6 Å². The number of anilines is 1. The van der Waals surface area contributed by atoms with Crippen LogP contribution in [-0.2, 0) is 10.0 Å². The summed E-state index contributed by atoms with van der Waals surface area (Å²) >= 11 is 12.9. The van der Waals surface area contributed by atoms with Crippen molar-refractivity contribution in [2.45, 2.75) is 11.8 Å². The second-order valence-electron chi connectivity index (χ2n) is 2.99. The lowest BCUT2D eigenvalue weighted by molar-refractivity contribution is 0.573. The number of nitrogens with zero attached hydrogens (tertiary/aromatic N) is 1. The summed E-state index contributed by atoms with van der Waals surface area (Å²) in [5.74, 6) is 0. The molecule has 2 rings (SSSR count). The van der Waals surface area contributed by atoms with Gasteiger partial charge >= 0.3 is 0 Å². The third-order valence-corrected chi connectivity index (χ3v) is 5.44. The van der Waals surface area contributed by atoms with Gasteiger partial charge in [0.2, 0.25) is 10.0 Å². The molecule has 84 valence electrons. The molecule has 15 heavy (non-hydrogen) atoms. The molecule has 2 heterocycles. The minimum absolute atomic E-state index is 0.104. The van der Waals surface area contributed by atoms with Crippen LogP contribution in [0.2, 0.25) is 8.67 Å². The molecule has 1 N–H and O–H groups in total. The minimum Gasteiger partial charge on any atom is -0.355 e. The molecule has 8 heteroatoms. The maximum atomic E-state index is 11.7. The number of thiophene rings is 1. The normalized spacial score (nSPS) is 19.0. The Morgan fingerprint density at radius 2 is 2.13 bits per heavy atom. The Balaban J connectivity index is 2.72. The quantitative estimate of drug-likeness (QED) is 0.861. The number of sulfonamides is 1. The lowest BCUT2D eigenvalue weighted by Gasteiger charge is -2.28. The van der Waals surface area contributed by atoms with Gasteiger partial charge in [-0.05, 0) is 6.92 Å². The number of hydrogen-bond acceptors (Lipinski definition) is 4. The number of rotatable bonds is 1. The Morgan fingerprint density at radius 1 is 1.47 bits per heavy atom. The van der Waals surface area contributed by atoms with Crippen molar-refractivity contribution in [1.82, 2.24) is 4.72 Å². The van der Waals surface area contributed by atoms with Crippen LogP contribution in [0, 0.1) is 0 Å². The molecule has 0 radical (unpaired) electrons. The van der Waals surface area contributed by atoms with E-state index >= 15 is 0 Å². The lowest BCUT2D eigenvalue weighted by atomic mass is 10.4. The van der Waals surface area contributed by atoms with Crippen molar-refractivity contribution in [3.63, 3.8) is 0 Å². The van der Waals surface area contributed by atoms with Gasteiger partial charge in [-0.25, -0.2) is 8.42 Å². The molecule has 0 spiro atoms. The van der Waals surface area contributed by atoms with Gasteiger partial charge < -0.3 is 4.90 Å². The molecule has 0 amide bonds. The molecular formula is C7H8Cl2N2O2S2. The van der Waals surface area contributed by atoms with Crippen LogP contribution in [0.5, 0.6) is 0 Å². The summed E-state index contributed by atoms with van der Waals surface area (Å²) in [5, 5.41) is 0. The smallest absolute Gasteiger partial charge is 0.246 e. The van der Waals surface area contributed by atoms with Crippen molar-refractivity contribution in [1.29, 1.82) is 0 Å². The Bertz CT molecular complexity index is 497. The van der Waals surface area contributed by atoms with E-state index in [1.807, 2.05) is 11.8 Å². The van der Waals surface area contributed by atoms with Gasteiger partial charge in [0.05, 0.1) is 12.4 Å². The third-order valence-electron chi connectivity index (χ3n) is 2.17. The van der Waals surface area contributed by atoms with Crippen LogP contribution in [0.3, 0.4) is 0 Å². The van der Waals surface area contributed by atoms with Crippen LogP contribution in [-0.4, -0.2) is 21.6 Å². The van der Waals surface area contributed by atoms with Crippen molar-refractivity contribution in [3.8, 4) is 0 Å². The van der Waals surface area contributed by atoms with Gasteiger partial charge in [-0.2, -0.15) is 4.72 Å². The van der Waals surface area contributed by atoms with Gasteiger partial charge in [0, 0.05) is 6.54 Å². The first-order valence-electron chi connectivity index (χ1n) is 4.19. The summed E-state index contributed by atoms with van der Waals surface area (Å²) in [6.07, 6.45) is 0. The van der Waals surface area contributed by atoms with Crippen LogP contribution in [0.25, 0.3) is 0 Å². The topological polar surface area (TPSA) is 49.4 Å².